The third-order valence-electron chi connectivity index (χ3n) is 4.25. The van der Waals surface area contributed by atoms with Crippen molar-refractivity contribution in [1.29, 1.82) is 0 Å². The smallest absolute Gasteiger partial charge is 0.137 e. The molecule has 0 amide bonds. The summed E-state index contributed by atoms with van der Waals surface area (Å²) in [6.07, 6.45) is 1.22. The van der Waals surface area contributed by atoms with Gasteiger partial charge in [0.05, 0.1) is 11.6 Å². The largest absolute Gasteiger partial charge is 0.492 e. The molecule has 2 rings (SSSR count). The number of nitrogens with zero attached hydrogens (tertiary/aromatic N) is 2. The molecule has 124 valence electrons. The van der Waals surface area contributed by atoms with Gasteiger partial charge in [0.2, 0.25) is 0 Å². The standard InChI is InChI=1S/C17H28ClN3O/c1-3-7-20-8-10-21(11-9-20)16(13-19)14-5-6-17(22-4-2)15(18)12-14/h5-6,12,16H,3-4,7-11,13,19H2,1-2H3. The zero-order valence-electron chi connectivity index (χ0n) is 13.7. The Morgan fingerprint density at radius 1 is 1.23 bits per heavy atom. The average molecular weight is 326 g/mol. The minimum atomic E-state index is 0.233. The molecule has 2 N–H and O–H groups in total. The van der Waals surface area contributed by atoms with Crippen LogP contribution in [0.4, 0.5) is 0 Å². The van der Waals surface area contributed by atoms with E-state index in [4.69, 9.17) is 22.1 Å². The van der Waals surface area contributed by atoms with Crippen molar-refractivity contribution in [2.45, 2.75) is 26.3 Å². The van der Waals surface area contributed by atoms with Crippen molar-refractivity contribution in [3.8, 4) is 5.75 Å². The minimum absolute atomic E-state index is 0.233. The van der Waals surface area contributed by atoms with Gasteiger partial charge in [-0.3, -0.25) is 4.90 Å². The number of hydrogen-bond donors (Lipinski definition) is 1. The number of benzene rings is 1. The van der Waals surface area contributed by atoms with Gasteiger partial charge in [-0.15, -0.1) is 0 Å². The summed E-state index contributed by atoms with van der Waals surface area (Å²) in [5, 5.41) is 0.669. The van der Waals surface area contributed by atoms with Crippen LogP contribution in [0.25, 0.3) is 0 Å². The molecular formula is C17H28ClN3O. The van der Waals surface area contributed by atoms with Gasteiger partial charge in [0, 0.05) is 38.8 Å². The van der Waals surface area contributed by atoms with Crippen molar-refractivity contribution in [2.24, 2.45) is 5.73 Å². The number of rotatable bonds is 7. The first-order valence-electron chi connectivity index (χ1n) is 8.28. The first kappa shape index (κ1) is 17.5. The van der Waals surface area contributed by atoms with Crippen molar-refractivity contribution in [3.05, 3.63) is 28.8 Å². The molecule has 0 aliphatic carbocycles. The summed E-state index contributed by atoms with van der Waals surface area (Å²) in [6, 6.07) is 6.28. The van der Waals surface area contributed by atoms with E-state index in [1.807, 2.05) is 19.1 Å². The second kappa shape index (κ2) is 8.73. The molecule has 22 heavy (non-hydrogen) atoms. The van der Waals surface area contributed by atoms with Crippen LogP contribution in [0.1, 0.15) is 31.9 Å². The van der Waals surface area contributed by atoms with Gasteiger partial charge in [-0.2, -0.15) is 0 Å². The van der Waals surface area contributed by atoms with E-state index in [9.17, 15) is 0 Å². The van der Waals surface area contributed by atoms with Gasteiger partial charge >= 0.3 is 0 Å². The maximum Gasteiger partial charge on any atom is 0.137 e. The van der Waals surface area contributed by atoms with Crippen LogP contribution in [-0.2, 0) is 0 Å². The fourth-order valence-corrected chi connectivity index (χ4v) is 3.35. The average Bonchev–Trinajstić information content (AvgIpc) is 2.53. The van der Waals surface area contributed by atoms with Gasteiger partial charge in [0.15, 0.2) is 0 Å². The quantitative estimate of drug-likeness (QED) is 0.837. The Morgan fingerprint density at radius 2 is 1.95 bits per heavy atom. The van der Waals surface area contributed by atoms with Crippen LogP contribution in [0.3, 0.4) is 0 Å². The lowest BCUT2D eigenvalue weighted by Gasteiger charge is -2.39. The van der Waals surface area contributed by atoms with Crippen LogP contribution in [0.15, 0.2) is 18.2 Å². The first-order chi connectivity index (χ1) is 10.7. The van der Waals surface area contributed by atoms with Gasteiger partial charge in [-0.25, -0.2) is 0 Å². The molecule has 0 radical (unpaired) electrons. The summed E-state index contributed by atoms with van der Waals surface area (Å²) < 4.78 is 5.51. The lowest BCUT2D eigenvalue weighted by atomic mass is 10.0. The second-order valence-electron chi connectivity index (χ2n) is 5.75. The molecular weight excluding hydrogens is 298 g/mol. The molecule has 1 heterocycles. The van der Waals surface area contributed by atoms with Gasteiger partial charge in [0.25, 0.3) is 0 Å². The number of hydrogen-bond acceptors (Lipinski definition) is 4. The normalized spacial score (nSPS) is 18.4. The molecule has 0 aromatic heterocycles. The van der Waals surface area contributed by atoms with E-state index in [1.165, 1.54) is 18.5 Å². The summed E-state index contributed by atoms with van der Waals surface area (Å²) >= 11 is 6.32. The first-order valence-corrected chi connectivity index (χ1v) is 8.66. The van der Waals surface area contributed by atoms with Crippen molar-refractivity contribution in [1.82, 2.24) is 9.80 Å². The Balaban J connectivity index is 2.04. The highest BCUT2D eigenvalue weighted by Gasteiger charge is 2.24. The lowest BCUT2D eigenvalue weighted by molar-refractivity contribution is 0.0985. The fourth-order valence-electron chi connectivity index (χ4n) is 3.11. The van der Waals surface area contributed by atoms with Crippen LogP contribution in [-0.4, -0.2) is 55.7 Å². The summed E-state index contributed by atoms with van der Waals surface area (Å²) in [4.78, 5) is 4.99. The predicted octanol–water partition coefficient (Wildman–Crippen LogP) is 2.77. The molecule has 1 saturated heterocycles. The molecule has 0 bridgehead atoms. The SMILES string of the molecule is CCCN1CCN(C(CN)c2ccc(OCC)c(Cl)c2)CC1. The zero-order valence-corrected chi connectivity index (χ0v) is 14.5. The third kappa shape index (κ3) is 4.35. The van der Waals surface area contributed by atoms with Crippen molar-refractivity contribution in [2.75, 3.05) is 45.9 Å². The third-order valence-corrected chi connectivity index (χ3v) is 4.55. The molecule has 1 aliphatic rings. The second-order valence-corrected chi connectivity index (χ2v) is 6.16. The Labute approximate surface area is 139 Å². The summed E-state index contributed by atoms with van der Waals surface area (Å²) in [7, 11) is 0. The molecule has 0 spiro atoms. The number of ether oxygens (including phenoxy) is 1. The van der Waals surface area contributed by atoms with Crippen LogP contribution in [0, 0.1) is 0 Å². The van der Waals surface area contributed by atoms with Crippen LogP contribution >= 0.6 is 11.6 Å². The van der Waals surface area contributed by atoms with Crippen molar-refractivity contribution in [3.63, 3.8) is 0 Å². The van der Waals surface area contributed by atoms with Crippen LogP contribution in [0.5, 0.6) is 5.75 Å². The van der Waals surface area contributed by atoms with E-state index in [1.54, 1.807) is 0 Å². The van der Waals surface area contributed by atoms with Gasteiger partial charge < -0.3 is 15.4 Å². The monoisotopic (exact) mass is 325 g/mol. The van der Waals surface area contributed by atoms with E-state index in [0.29, 0.717) is 18.2 Å². The predicted molar refractivity (Wildman–Crippen MR) is 92.7 cm³/mol. The Hall–Kier alpha value is -0.810. The number of halogens is 1. The molecule has 1 fully saturated rings. The highest BCUT2D eigenvalue weighted by Crippen LogP contribution is 2.30. The molecule has 0 saturated carbocycles. The Bertz CT molecular complexity index is 461. The Kier molecular flexibility index (Phi) is 6.96. The van der Waals surface area contributed by atoms with E-state index in [0.717, 1.165) is 31.9 Å². The molecule has 5 heteroatoms. The van der Waals surface area contributed by atoms with E-state index >= 15 is 0 Å². The highest BCUT2D eigenvalue weighted by atomic mass is 35.5. The van der Waals surface area contributed by atoms with Crippen LogP contribution < -0.4 is 10.5 Å². The Morgan fingerprint density at radius 3 is 2.50 bits per heavy atom. The van der Waals surface area contributed by atoms with E-state index in [2.05, 4.69) is 22.8 Å². The summed E-state index contributed by atoms with van der Waals surface area (Å²) in [6.45, 7) is 11.0. The van der Waals surface area contributed by atoms with Gasteiger partial charge in [0.1, 0.15) is 5.75 Å². The molecule has 4 nitrogen and oxygen atoms in total. The molecule has 1 aromatic rings. The summed E-state index contributed by atoms with van der Waals surface area (Å²) in [5.74, 6) is 0.747. The lowest BCUT2D eigenvalue weighted by Crippen LogP contribution is -2.49. The fraction of sp³-hybridized carbons (Fsp3) is 0.647. The maximum atomic E-state index is 6.32. The molecule has 1 aromatic carbocycles. The van der Waals surface area contributed by atoms with Gasteiger partial charge in [-0.1, -0.05) is 24.6 Å². The maximum absolute atomic E-state index is 6.32. The van der Waals surface area contributed by atoms with Crippen LogP contribution in [0.2, 0.25) is 5.02 Å². The number of nitrogens with two attached hydrogens (primary N) is 1. The van der Waals surface area contributed by atoms with E-state index in [-0.39, 0.29) is 6.04 Å². The van der Waals surface area contributed by atoms with Gasteiger partial charge in [-0.05, 0) is 37.6 Å². The topological polar surface area (TPSA) is 41.7 Å². The molecule has 1 aliphatic heterocycles. The zero-order chi connectivity index (χ0) is 15.9. The highest BCUT2D eigenvalue weighted by molar-refractivity contribution is 6.32. The molecule has 1 unspecified atom stereocenters. The minimum Gasteiger partial charge on any atom is -0.492 e. The molecule has 1 atom stereocenters. The summed E-state index contributed by atoms with van der Waals surface area (Å²) in [5.41, 5.74) is 7.23. The van der Waals surface area contributed by atoms with E-state index < -0.39 is 0 Å². The van der Waals surface area contributed by atoms with Crippen molar-refractivity contribution < 1.29 is 4.74 Å². The number of piperazine rings is 1. The van der Waals surface area contributed by atoms with Crippen molar-refractivity contribution >= 4 is 11.6 Å².